The molecule has 1 aromatic carbocycles. The predicted molar refractivity (Wildman–Crippen MR) is 96.9 cm³/mol. The number of carbonyl (C=O) groups is 2. The Labute approximate surface area is 154 Å². The lowest BCUT2D eigenvalue weighted by molar-refractivity contribution is -0.135. The van der Waals surface area contributed by atoms with Crippen LogP contribution >= 0.6 is 0 Å². The zero-order valence-electron chi connectivity index (χ0n) is 15.3. The molecule has 3 atom stereocenters. The van der Waals surface area contributed by atoms with E-state index in [1.165, 1.54) is 30.4 Å². The lowest BCUT2D eigenvalue weighted by Crippen LogP contribution is -2.41. The van der Waals surface area contributed by atoms with Gasteiger partial charge in [-0.1, -0.05) is 31.2 Å². The number of cyclic esters (lactones) is 1. The van der Waals surface area contributed by atoms with Crippen molar-refractivity contribution in [2.75, 3.05) is 26.2 Å². The van der Waals surface area contributed by atoms with Crippen molar-refractivity contribution >= 4 is 12.0 Å². The fourth-order valence-corrected chi connectivity index (χ4v) is 4.90. The van der Waals surface area contributed by atoms with Crippen molar-refractivity contribution in [1.29, 1.82) is 0 Å². The highest BCUT2D eigenvalue weighted by atomic mass is 16.5. The van der Waals surface area contributed by atoms with Gasteiger partial charge in [0.1, 0.15) is 0 Å². The second-order valence-electron chi connectivity index (χ2n) is 8.92. The topological polar surface area (TPSA) is 58.6 Å². The lowest BCUT2D eigenvalue weighted by atomic mass is 9.89. The average molecular weight is 354 g/mol. The number of fused-ring (bicyclic) bond motifs is 1. The highest BCUT2D eigenvalue weighted by Gasteiger charge is 2.62. The molecular weight excluding hydrogens is 328 g/mol. The van der Waals surface area contributed by atoms with Gasteiger partial charge in [-0.05, 0) is 48.1 Å². The molecule has 0 aromatic heterocycles. The Morgan fingerprint density at radius 1 is 1.31 bits per heavy atom. The first-order valence-corrected chi connectivity index (χ1v) is 9.81. The third-order valence-electron chi connectivity index (χ3n) is 7.13. The minimum absolute atomic E-state index is 0.160. The van der Waals surface area contributed by atoms with Crippen LogP contribution in [-0.4, -0.2) is 43.1 Å². The number of carbonyl (C=O) groups excluding carboxylic acids is 2. The number of nitrogens with zero attached hydrogens (tertiary/aromatic N) is 1. The summed E-state index contributed by atoms with van der Waals surface area (Å²) in [6.07, 6.45) is 3.97. The van der Waals surface area contributed by atoms with Gasteiger partial charge in [-0.3, -0.25) is 4.79 Å². The number of ether oxygens (including phenoxy) is 1. The summed E-state index contributed by atoms with van der Waals surface area (Å²) in [5.74, 6) is 0.603. The van der Waals surface area contributed by atoms with Crippen molar-refractivity contribution in [3.8, 4) is 0 Å². The second kappa shape index (κ2) is 5.48. The van der Waals surface area contributed by atoms with E-state index in [2.05, 4.69) is 36.5 Å². The van der Waals surface area contributed by atoms with Gasteiger partial charge in [0.05, 0.1) is 12.5 Å². The molecule has 2 saturated heterocycles. The van der Waals surface area contributed by atoms with E-state index in [4.69, 9.17) is 4.74 Å². The van der Waals surface area contributed by atoms with E-state index >= 15 is 0 Å². The normalized spacial score (nSPS) is 34.3. The Balaban J connectivity index is 1.31. The zero-order chi connectivity index (χ0) is 17.9. The monoisotopic (exact) mass is 354 g/mol. The fraction of sp³-hybridized carbons (Fsp3) is 0.619. The number of rotatable bonds is 3. The Bertz CT molecular complexity index is 772. The molecule has 5 rings (SSSR count). The first-order chi connectivity index (χ1) is 12.5. The largest absolute Gasteiger partial charge is 0.450 e. The highest BCUT2D eigenvalue weighted by molar-refractivity contribution is 5.81. The Kier molecular flexibility index (Phi) is 3.40. The maximum absolute atomic E-state index is 13.0. The van der Waals surface area contributed by atoms with Gasteiger partial charge in [-0.15, -0.1) is 0 Å². The van der Waals surface area contributed by atoms with Gasteiger partial charge in [0.2, 0.25) is 5.91 Å². The standard InChI is InChI=1S/C21H26N2O3/c1-20(6-7-20)15-3-2-4-16(9-15)21-10-17(21)12-23(13-21)18(24)14-5-8-26-19(25)22-11-14/h2-4,9,14,17H,5-8,10-13H2,1H3,(H,22,25)/t14-,17?,21?/m1/s1. The van der Waals surface area contributed by atoms with Gasteiger partial charge < -0.3 is 15.0 Å². The summed E-state index contributed by atoms with van der Waals surface area (Å²) >= 11 is 0. The molecular formula is C21H26N2O3. The molecule has 1 aromatic rings. The highest BCUT2D eigenvalue weighted by Crippen LogP contribution is 2.60. The van der Waals surface area contributed by atoms with E-state index in [0.29, 0.717) is 30.9 Å². The zero-order valence-corrected chi connectivity index (χ0v) is 15.3. The number of benzene rings is 1. The van der Waals surface area contributed by atoms with Crippen LogP contribution < -0.4 is 5.32 Å². The molecule has 1 N–H and O–H groups in total. The SMILES string of the molecule is CC1(c2cccc(C34CC3CN(C(=O)[C@@H]3CCOC(=O)NC3)C4)c2)CC1. The van der Waals surface area contributed by atoms with E-state index in [1.54, 1.807) is 0 Å². The minimum Gasteiger partial charge on any atom is -0.450 e. The van der Waals surface area contributed by atoms with Crippen molar-refractivity contribution < 1.29 is 14.3 Å². The maximum Gasteiger partial charge on any atom is 0.407 e. The van der Waals surface area contributed by atoms with Crippen LogP contribution in [0.3, 0.4) is 0 Å². The summed E-state index contributed by atoms with van der Waals surface area (Å²) in [5, 5.41) is 2.68. The van der Waals surface area contributed by atoms with Crippen molar-refractivity contribution in [1.82, 2.24) is 10.2 Å². The molecule has 4 aliphatic rings. The summed E-state index contributed by atoms with van der Waals surface area (Å²) in [4.78, 5) is 26.3. The predicted octanol–water partition coefficient (Wildman–Crippen LogP) is 2.58. The van der Waals surface area contributed by atoms with Crippen LogP contribution in [0.1, 0.15) is 43.7 Å². The molecule has 2 aliphatic heterocycles. The quantitative estimate of drug-likeness (QED) is 0.908. The third-order valence-corrected chi connectivity index (χ3v) is 7.13. The Morgan fingerprint density at radius 2 is 2.12 bits per heavy atom. The summed E-state index contributed by atoms with van der Waals surface area (Å²) < 4.78 is 5.00. The van der Waals surface area contributed by atoms with E-state index in [1.807, 2.05) is 4.90 Å². The van der Waals surface area contributed by atoms with Crippen LogP contribution in [0.4, 0.5) is 4.79 Å². The van der Waals surface area contributed by atoms with E-state index in [0.717, 1.165) is 13.1 Å². The number of hydrogen-bond donors (Lipinski definition) is 1. The summed E-state index contributed by atoms with van der Waals surface area (Å²) in [6, 6.07) is 9.11. The minimum atomic E-state index is -0.411. The number of hydrogen-bond acceptors (Lipinski definition) is 3. The molecule has 0 radical (unpaired) electrons. The molecule has 2 saturated carbocycles. The van der Waals surface area contributed by atoms with Crippen molar-refractivity contribution in [2.24, 2.45) is 11.8 Å². The number of piperidine rings is 1. The van der Waals surface area contributed by atoms with E-state index in [9.17, 15) is 9.59 Å². The van der Waals surface area contributed by atoms with Gasteiger partial charge >= 0.3 is 6.09 Å². The van der Waals surface area contributed by atoms with E-state index in [-0.39, 0.29) is 17.2 Å². The van der Waals surface area contributed by atoms with Crippen LogP contribution in [0.25, 0.3) is 0 Å². The third kappa shape index (κ3) is 2.51. The average Bonchev–Trinajstić information content (AvgIpc) is 3.55. The van der Waals surface area contributed by atoms with Crippen LogP contribution in [0.15, 0.2) is 24.3 Å². The molecule has 26 heavy (non-hydrogen) atoms. The van der Waals surface area contributed by atoms with Gasteiger partial charge in [0.25, 0.3) is 0 Å². The summed E-state index contributed by atoms with van der Waals surface area (Å²) in [7, 11) is 0. The molecule has 2 heterocycles. The van der Waals surface area contributed by atoms with Crippen LogP contribution in [0, 0.1) is 11.8 Å². The van der Waals surface area contributed by atoms with Gasteiger partial charge in [-0.2, -0.15) is 0 Å². The van der Waals surface area contributed by atoms with Crippen molar-refractivity contribution in [3.63, 3.8) is 0 Å². The molecule has 2 amide bonds. The number of alkyl carbamates (subject to hydrolysis) is 1. The molecule has 0 bridgehead atoms. The molecule has 0 spiro atoms. The molecule has 138 valence electrons. The Hall–Kier alpha value is -2.04. The van der Waals surface area contributed by atoms with Gasteiger partial charge in [0.15, 0.2) is 0 Å². The number of nitrogens with one attached hydrogen (secondary N) is 1. The van der Waals surface area contributed by atoms with Gasteiger partial charge in [0, 0.05) is 25.0 Å². The molecule has 5 nitrogen and oxygen atoms in total. The second-order valence-corrected chi connectivity index (χ2v) is 8.92. The molecule has 5 heteroatoms. The van der Waals surface area contributed by atoms with E-state index < -0.39 is 6.09 Å². The van der Waals surface area contributed by atoms with Gasteiger partial charge in [-0.25, -0.2) is 4.79 Å². The molecule has 2 unspecified atom stereocenters. The van der Waals surface area contributed by atoms with Crippen LogP contribution in [-0.2, 0) is 20.4 Å². The Morgan fingerprint density at radius 3 is 2.92 bits per heavy atom. The molecule has 2 aliphatic carbocycles. The first-order valence-electron chi connectivity index (χ1n) is 9.81. The first kappa shape index (κ1) is 16.2. The molecule has 4 fully saturated rings. The lowest BCUT2D eigenvalue weighted by Gasteiger charge is -2.25. The fourth-order valence-electron chi connectivity index (χ4n) is 4.90. The van der Waals surface area contributed by atoms with Crippen LogP contribution in [0.2, 0.25) is 0 Å². The number of likely N-dealkylation sites (tertiary alicyclic amines) is 1. The maximum atomic E-state index is 13.0. The number of amides is 2. The summed E-state index contributed by atoms with van der Waals surface area (Å²) in [5.41, 5.74) is 3.43. The van der Waals surface area contributed by atoms with Crippen LogP contribution in [0.5, 0.6) is 0 Å². The van der Waals surface area contributed by atoms with Crippen molar-refractivity contribution in [2.45, 2.75) is 43.4 Å². The van der Waals surface area contributed by atoms with Crippen molar-refractivity contribution in [3.05, 3.63) is 35.4 Å². The summed E-state index contributed by atoms with van der Waals surface area (Å²) in [6.45, 7) is 4.74. The smallest absolute Gasteiger partial charge is 0.407 e.